The topological polar surface area (TPSA) is 66.5 Å². The number of anilines is 2. The zero-order chi connectivity index (χ0) is 17.0. The Labute approximate surface area is 137 Å². The molecule has 5 nitrogen and oxygen atoms in total. The van der Waals surface area contributed by atoms with Crippen molar-refractivity contribution in [2.75, 3.05) is 15.9 Å². The molecule has 0 saturated heterocycles. The average molecular weight is 332 g/mol. The van der Waals surface area contributed by atoms with Crippen LogP contribution in [0.5, 0.6) is 0 Å². The Morgan fingerprint density at radius 2 is 1.61 bits per heavy atom. The fraction of sp³-hybridized carbons (Fsp3) is 0.235. The standard InChI is InChI=1S/C17H20N2O3S/c1-13-9-11-16(12-10-13)19(23(3,21)22)14(2)17(20)18-15-7-5-4-6-8-15/h4-12,14H,1-3H3,(H,18,20)/t14-/m1/s1. The highest BCUT2D eigenvalue weighted by Crippen LogP contribution is 2.22. The second-order valence-electron chi connectivity index (χ2n) is 5.43. The van der Waals surface area contributed by atoms with E-state index in [1.807, 2.05) is 25.1 Å². The van der Waals surface area contributed by atoms with E-state index in [2.05, 4.69) is 5.32 Å². The Morgan fingerprint density at radius 1 is 1.04 bits per heavy atom. The lowest BCUT2D eigenvalue weighted by Crippen LogP contribution is -2.45. The molecular weight excluding hydrogens is 312 g/mol. The van der Waals surface area contributed by atoms with Gasteiger partial charge in [0.25, 0.3) is 0 Å². The maximum Gasteiger partial charge on any atom is 0.247 e. The monoisotopic (exact) mass is 332 g/mol. The van der Waals surface area contributed by atoms with Gasteiger partial charge in [0.2, 0.25) is 15.9 Å². The third-order valence-electron chi connectivity index (χ3n) is 3.42. The van der Waals surface area contributed by atoms with Crippen molar-refractivity contribution in [3.63, 3.8) is 0 Å². The van der Waals surface area contributed by atoms with Gasteiger partial charge in [0.1, 0.15) is 6.04 Å². The Balaban J connectivity index is 2.28. The molecule has 2 rings (SSSR count). The van der Waals surface area contributed by atoms with E-state index in [1.54, 1.807) is 43.3 Å². The van der Waals surface area contributed by atoms with E-state index >= 15 is 0 Å². The van der Waals surface area contributed by atoms with Gasteiger partial charge in [-0.25, -0.2) is 8.42 Å². The molecule has 0 aliphatic rings. The van der Waals surface area contributed by atoms with Crippen LogP contribution in [-0.2, 0) is 14.8 Å². The highest BCUT2D eigenvalue weighted by molar-refractivity contribution is 7.92. The molecule has 0 spiro atoms. The molecule has 122 valence electrons. The summed E-state index contributed by atoms with van der Waals surface area (Å²) >= 11 is 0. The van der Waals surface area contributed by atoms with Crippen LogP contribution in [0, 0.1) is 6.92 Å². The number of benzene rings is 2. The van der Waals surface area contributed by atoms with E-state index in [0.717, 1.165) is 16.1 Å². The highest BCUT2D eigenvalue weighted by atomic mass is 32.2. The van der Waals surface area contributed by atoms with Gasteiger partial charge in [0.05, 0.1) is 11.9 Å². The quantitative estimate of drug-likeness (QED) is 0.915. The molecule has 0 heterocycles. The van der Waals surface area contributed by atoms with Crippen molar-refractivity contribution >= 4 is 27.3 Å². The lowest BCUT2D eigenvalue weighted by molar-refractivity contribution is -0.116. The number of rotatable bonds is 5. The van der Waals surface area contributed by atoms with Gasteiger partial charge in [-0.05, 0) is 38.1 Å². The smallest absolute Gasteiger partial charge is 0.247 e. The van der Waals surface area contributed by atoms with Gasteiger partial charge in [0, 0.05) is 5.69 Å². The molecule has 0 radical (unpaired) electrons. The summed E-state index contributed by atoms with van der Waals surface area (Å²) in [5, 5.41) is 2.73. The summed E-state index contributed by atoms with van der Waals surface area (Å²) < 4.78 is 25.5. The van der Waals surface area contributed by atoms with E-state index in [9.17, 15) is 13.2 Å². The molecule has 0 aliphatic heterocycles. The first-order chi connectivity index (χ1) is 10.8. The SMILES string of the molecule is Cc1ccc(N([C@H](C)C(=O)Nc2ccccc2)S(C)(=O)=O)cc1. The molecule has 6 heteroatoms. The second-order valence-corrected chi connectivity index (χ2v) is 7.29. The van der Waals surface area contributed by atoms with Crippen LogP contribution < -0.4 is 9.62 Å². The maximum absolute atomic E-state index is 12.4. The fourth-order valence-corrected chi connectivity index (χ4v) is 3.44. The second kappa shape index (κ2) is 6.83. The van der Waals surface area contributed by atoms with Gasteiger partial charge in [-0.1, -0.05) is 35.9 Å². The maximum atomic E-state index is 12.4. The van der Waals surface area contributed by atoms with Crippen molar-refractivity contribution in [1.29, 1.82) is 0 Å². The fourth-order valence-electron chi connectivity index (χ4n) is 2.27. The van der Waals surface area contributed by atoms with Crippen molar-refractivity contribution in [2.24, 2.45) is 0 Å². The van der Waals surface area contributed by atoms with Crippen LogP contribution in [0.3, 0.4) is 0 Å². The molecule has 1 atom stereocenters. The summed E-state index contributed by atoms with van der Waals surface area (Å²) in [5.74, 6) is -0.387. The van der Waals surface area contributed by atoms with Crippen LogP contribution in [0.15, 0.2) is 54.6 Å². The van der Waals surface area contributed by atoms with Crippen LogP contribution in [0.25, 0.3) is 0 Å². The molecule has 0 bridgehead atoms. The molecule has 1 N–H and O–H groups in total. The Bertz CT molecular complexity index is 771. The van der Waals surface area contributed by atoms with Crippen molar-refractivity contribution in [3.8, 4) is 0 Å². The van der Waals surface area contributed by atoms with Crippen LogP contribution in [-0.4, -0.2) is 26.6 Å². The third-order valence-corrected chi connectivity index (χ3v) is 4.66. The van der Waals surface area contributed by atoms with E-state index in [1.165, 1.54) is 0 Å². The number of hydrogen-bond donors (Lipinski definition) is 1. The van der Waals surface area contributed by atoms with E-state index in [4.69, 9.17) is 0 Å². The number of sulfonamides is 1. The Hall–Kier alpha value is -2.34. The number of amides is 1. The number of aryl methyl sites for hydroxylation is 1. The molecule has 0 aliphatic carbocycles. The van der Waals surface area contributed by atoms with Crippen molar-refractivity contribution in [1.82, 2.24) is 0 Å². The zero-order valence-electron chi connectivity index (χ0n) is 13.4. The van der Waals surface area contributed by atoms with E-state index < -0.39 is 16.1 Å². The van der Waals surface area contributed by atoms with Crippen molar-refractivity contribution in [3.05, 3.63) is 60.2 Å². The minimum absolute atomic E-state index is 0.387. The van der Waals surface area contributed by atoms with Gasteiger partial charge < -0.3 is 5.32 Å². The largest absolute Gasteiger partial charge is 0.324 e. The third kappa shape index (κ3) is 4.32. The van der Waals surface area contributed by atoms with Gasteiger partial charge in [-0.3, -0.25) is 9.10 Å². The van der Waals surface area contributed by atoms with Crippen LogP contribution in [0.1, 0.15) is 12.5 Å². The molecule has 2 aromatic rings. The van der Waals surface area contributed by atoms with Gasteiger partial charge in [0.15, 0.2) is 0 Å². The molecule has 23 heavy (non-hydrogen) atoms. The van der Waals surface area contributed by atoms with Gasteiger partial charge in [-0.15, -0.1) is 0 Å². The Morgan fingerprint density at radius 3 is 2.13 bits per heavy atom. The van der Waals surface area contributed by atoms with Crippen LogP contribution in [0.2, 0.25) is 0 Å². The summed E-state index contributed by atoms with van der Waals surface area (Å²) in [6.07, 6.45) is 1.10. The van der Waals surface area contributed by atoms with Gasteiger partial charge >= 0.3 is 0 Å². The van der Waals surface area contributed by atoms with Crippen LogP contribution in [0.4, 0.5) is 11.4 Å². The van der Waals surface area contributed by atoms with E-state index in [-0.39, 0.29) is 5.91 Å². The first-order valence-corrected chi connectivity index (χ1v) is 9.06. The molecular formula is C17H20N2O3S. The molecule has 0 unspecified atom stereocenters. The molecule has 0 saturated carbocycles. The molecule has 0 fully saturated rings. The predicted molar refractivity (Wildman–Crippen MR) is 93.0 cm³/mol. The minimum Gasteiger partial charge on any atom is -0.324 e. The average Bonchev–Trinajstić information content (AvgIpc) is 2.49. The lowest BCUT2D eigenvalue weighted by atomic mass is 10.2. The summed E-state index contributed by atoms with van der Waals surface area (Å²) in [7, 11) is -3.59. The highest BCUT2D eigenvalue weighted by Gasteiger charge is 2.29. The normalized spacial score (nSPS) is 12.5. The summed E-state index contributed by atoms with van der Waals surface area (Å²) in [6, 6.07) is 15.1. The zero-order valence-corrected chi connectivity index (χ0v) is 14.2. The van der Waals surface area contributed by atoms with Crippen LogP contribution >= 0.6 is 0 Å². The molecule has 0 aromatic heterocycles. The lowest BCUT2D eigenvalue weighted by Gasteiger charge is -2.28. The number of nitrogens with zero attached hydrogens (tertiary/aromatic N) is 1. The molecule has 2 aromatic carbocycles. The first kappa shape index (κ1) is 17.0. The summed E-state index contributed by atoms with van der Waals surface area (Å²) in [6.45, 7) is 3.49. The van der Waals surface area contributed by atoms with Crippen molar-refractivity contribution in [2.45, 2.75) is 19.9 Å². The summed E-state index contributed by atoms with van der Waals surface area (Å²) in [5.41, 5.74) is 2.11. The number of hydrogen-bond acceptors (Lipinski definition) is 3. The predicted octanol–water partition coefficient (Wildman–Crippen LogP) is 2.79. The number of carbonyl (C=O) groups is 1. The number of carbonyl (C=O) groups excluding carboxylic acids is 1. The van der Waals surface area contributed by atoms with Crippen molar-refractivity contribution < 1.29 is 13.2 Å². The number of para-hydroxylation sites is 1. The molecule has 1 amide bonds. The summed E-state index contributed by atoms with van der Waals surface area (Å²) in [4.78, 5) is 12.4. The van der Waals surface area contributed by atoms with E-state index in [0.29, 0.717) is 11.4 Å². The van der Waals surface area contributed by atoms with Gasteiger partial charge in [-0.2, -0.15) is 0 Å². The first-order valence-electron chi connectivity index (χ1n) is 7.21. The number of nitrogens with one attached hydrogen (secondary N) is 1. The Kier molecular flexibility index (Phi) is 5.05. The minimum atomic E-state index is -3.59.